The average molecular weight is 154 g/mol. The first-order valence-electron chi connectivity index (χ1n) is 3.15. The zero-order valence-corrected chi connectivity index (χ0v) is 5.75. The molecule has 0 aromatic heterocycles. The van der Waals surface area contributed by atoms with Crippen LogP contribution in [-0.4, -0.2) is 11.4 Å². The van der Waals surface area contributed by atoms with Crippen LogP contribution in [0.2, 0.25) is 0 Å². The molecule has 0 fully saturated rings. The van der Waals surface area contributed by atoms with Crippen molar-refractivity contribution < 1.29 is 14.3 Å². The molecule has 0 aliphatic heterocycles. The van der Waals surface area contributed by atoms with E-state index < -0.39 is 5.82 Å². The zero-order valence-electron chi connectivity index (χ0n) is 5.75. The van der Waals surface area contributed by atoms with E-state index in [1.54, 1.807) is 0 Å². The second kappa shape index (κ2) is 3.14. The Hall–Kier alpha value is -1.38. The molecule has 0 saturated heterocycles. The number of benzene rings is 1. The molecule has 11 heavy (non-hydrogen) atoms. The third-order valence-corrected chi connectivity index (χ3v) is 1.33. The standard InChI is InChI=1S/C8H7FO2/c9-7-5-6(3-4-10)1-2-8(7)11/h1-2,4-5,11H,3H2. The predicted octanol–water partition coefficient (Wildman–Crippen LogP) is 1.27. The van der Waals surface area contributed by atoms with Gasteiger partial charge in [0.2, 0.25) is 0 Å². The fourth-order valence-corrected chi connectivity index (χ4v) is 0.774. The molecular formula is C8H7FO2. The Morgan fingerprint density at radius 3 is 2.82 bits per heavy atom. The lowest BCUT2D eigenvalue weighted by molar-refractivity contribution is -0.107. The van der Waals surface area contributed by atoms with Gasteiger partial charge >= 0.3 is 0 Å². The Morgan fingerprint density at radius 2 is 2.27 bits per heavy atom. The molecular weight excluding hydrogens is 147 g/mol. The lowest BCUT2D eigenvalue weighted by atomic mass is 10.1. The Labute approximate surface area is 63.3 Å². The van der Waals surface area contributed by atoms with Gasteiger partial charge in [-0.2, -0.15) is 0 Å². The molecule has 1 N–H and O–H groups in total. The van der Waals surface area contributed by atoms with Gasteiger partial charge in [-0.25, -0.2) is 4.39 Å². The highest BCUT2D eigenvalue weighted by molar-refractivity contribution is 5.55. The first-order valence-corrected chi connectivity index (χ1v) is 3.15. The Kier molecular flexibility index (Phi) is 2.21. The minimum atomic E-state index is -0.690. The minimum Gasteiger partial charge on any atom is -0.505 e. The highest BCUT2D eigenvalue weighted by Crippen LogP contribution is 2.15. The van der Waals surface area contributed by atoms with Crippen LogP contribution in [0.5, 0.6) is 5.75 Å². The number of rotatable bonds is 2. The summed E-state index contributed by atoms with van der Waals surface area (Å²) in [4.78, 5) is 9.99. The highest BCUT2D eigenvalue weighted by atomic mass is 19.1. The number of phenols is 1. The van der Waals surface area contributed by atoms with Crippen molar-refractivity contribution in [3.8, 4) is 5.75 Å². The second-order valence-corrected chi connectivity index (χ2v) is 2.16. The lowest BCUT2D eigenvalue weighted by Gasteiger charge is -1.96. The molecule has 0 atom stereocenters. The number of phenolic OH excluding ortho intramolecular Hbond substituents is 1. The quantitative estimate of drug-likeness (QED) is 0.651. The molecule has 0 spiro atoms. The van der Waals surface area contributed by atoms with Crippen LogP contribution in [0.25, 0.3) is 0 Å². The number of carbonyl (C=O) groups is 1. The predicted molar refractivity (Wildman–Crippen MR) is 37.8 cm³/mol. The van der Waals surface area contributed by atoms with Crippen LogP contribution in [-0.2, 0) is 11.2 Å². The first kappa shape index (κ1) is 7.72. The molecule has 0 unspecified atom stereocenters. The van der Waals surface area contributed by atoms with Crippen LogP contribution >= 0.6 is 0 Å². The van der Waals surface area contributed by atoms with Crippen molar-refractivity contribution in [2.75, 3.05) is 0 Å². The third-order valence-electron chi connectivity index (χ3n) is 1.33. The Bertz CT molecular complexity index is 271. The molecule has 0 aliphatic rings. The minimum absolute atomic E-state index is 0.178. The molecule has 0 heterocycles. The van der Waals surface area contributed by atoms with Crippen molar-refractivity contribution in [1.29, 1.82) is 0 Å². The smallest absolute Gasteiger partial charge is 0.165 e. The van der Waals surface area contributed by atoms with Gasteiger partial charge in [0.15, 0.2) is 11.6 Å². The van der Waals surface area contributed by atoms with E-state index in [1.165, 1.54) is 12.1 Å². The van der Waals surface area contributed by atoms with Crippen molar-refractivity contribution in [2.24, 2.45) is 0 Å². The number of hydrogen-bond acceptors (Lipinski definition) is 2. The summed E-state index contributed by atoms with van der Waals surface area (Å²) in [7, 11) is 0. The van der Waals surface area contributed by atoms with Gasteiger partial charge in [0, 0.05) is 6.42 Å². The van der Waals surface area contributed by atoms with Gasteiger partial charge in [-0.05, 0) is 17.7 Å². The maximum Gasteiger partial charge on any atom is 0.165 e. The second-order valence-electron chi connectivity index (χ2n) is 2.16. The summed E-state index contributed by atoms with van der Waals surface area (Å²) >= 11 is 0. The van der Waals surface area contributed by atoms with E-state index >= 15 is 0 Å². The SMILES string of the molecule is O=CCc1ccc(O)c(F)c1. The lowest BCUT2D eigenvalue weighted by Crippen LogP contribution is -1.86. The van der Waals surface area contributed by atoms with Gasteiger partial charge in [0.1, 0.15) is 6.29 Å². The molecule has 1 rings (SSSR count). The fraction of sp³-hybridized carbons (Fsp3) is 0.125. The van der Waals surface area contributed by atoms with Crippen LogP contribution < -0.4 is 0 Å². The summed E-state index contributed by atoms with van der Waals surface area (Å²) in [6.45, 7) is 0. The summed E-state index contributed by atoms with van der Waals surface area (Å²) < 4.78 is 12.5. The van der Waals surface area contributed by atoms with Crippen molar-refractivity contribution in [3.63, 3.8) is 0 Å². The number of aldehydes is 1. The molecule has 3 heteroatoms. The van der Waals surface area contributed by atoms with Gasteiger partial charge in [-0.15, -0.1) is 0 Å². The van der Waals surface area contributed by atoms with Crippen molar-refractivity contribution in [2.45, 2.75) is 6.42 Å². The molecule has 0 radical (unpaired) electrons. The topological polar surface area (TPSA) is 37.3 Å². The molecule has 58 valence electrons. The van der Waals surface area contributed by atoms with Crippen molar-refractivity contribution in [1.82, 2.24) is 0 Å². The van der Waals surface area contributed by atoms with Crippen molar-refractivity contribution in [3.05, 3.63) is 29.6 Å². The van der Waals surface area contributed by atoms with E-state index in [9.17, 15) is 9.18 Å². The number of halogens is 1. The van der Waals surface area contributed by atoms with Gasteiger partial charge in [-0.3, -0.25) is 0 Å². The first-order chi connectivity index (χ1) is 5.24. The van der Waals surface area contributed by atoms with E-state index in [-0.39, 0.29) is 12.2 Å². The molecule has 0 bridgehead atoms. The number of hydrogen-bond donors (Lipinski definition) is 1. The average Bonchev–Trinajstić information content (AvgIpc) is 1.98. The maximum absolute atomic E-state index is 12.5. The van der Waals surface area contributed by atoms with Gasteiger partial charge in [0.25, 0.3) is 0 Å². The van der Waals surface area contributed by atoms with Crippen LogP contribution in [0.4, 0.5) is 4.39 Å². The van der Waals surface area contributed by atoms with Crippen LogP contribution in [0, 0.1) is 5.82 Å². The molecule has 0 aliphatic carbocycles. The molecule has 1 aromatic rings. The van der Waals surface area contributed by atoms with E-state index in [0.29, 0.717) is 11.8 Å². The normalized spacial score (nSPS) is 9.55. The maximum atomic E-state index is 12.5. The van der Waals surface area contributed by atoms with Gasteiger partial charge in [-0.1, -0.05) is 6.07 Å². The van der Waals surface area contributed by atoms with E-state index in [1.807, 2.05) is 0 Å². The van der Waals surface area contributed by atoms with Crippen molar-refractivity contribution >= 4 is 6.29 Å². The molecule has 0 saturated carbocycles. The highest BCUT2D eigenvalue weighted by Gasteiger charge is 1.99. The summed E-state index contributed by atoms with van der Waals surface area (Å²) in [5.41, 5.74) is 0.565. The Balaban J connectivity index is 2.95. The monoisotopic (exact) mass is 154 g/mol. The summed E-state index contributed by atoms with van der Waals surface area (Å²) in [6, 6.07) is 3.88. The largest absolute Gasteiger partial charge is 0.505 e. The Morgan fingerprint density at radius 1 is 1.55 bits per heavy atom. The zero-order chi connectivity index (χ0) is 8.27. The van der Waals surface area contributed by atoms with Gasteiger partial charge < -0.3 is 9.90 Å². The number of carbonyl (C=O) groups excluding carboxylic acids is 1. The number of aromatic hydroxyl groups is 1. The summed E-state index contributed by atoms with van der Waals surface area (Å²) in [5.74, 6) is -1.08. The van der Waals surface area contributed by atoms with E-state index in [4.69, 9.17) is 5.11 Å². The molecule has 0 amide bonds. The summed E-state index contributed by atoms with van der Waals surface area (Å²) in [6.07, 6.45) is 0.864. The van der Waals surface area contributed by atoms with Crippen LogP contribution in [0.3, 0.4) is 0 Å². The fourth-order valence-electron chi connectivity index (χ4n) is 0.774. The molecule has 1 aromatic carbocycles. The van der Waals surface area contributed by atoms with E-state index in [2.05, 4.69) is 0 Å². The van der Waals surface area contributed by atoms with Crippen LogP contribution in [0.1, 0.15) is 5.56 Å². The van der Waals surface area contributed by atoms with Crippen LogP contribution in [0.15, 0.2) is 18.2 Å². The third kappa shape index (κ3) is 1.77. The van der Waals surface area contributed by atoms with E-state index in [0.717, 1.165) is 6.07 Å². The summed E-state index contributed by atoms with van der Waals surface area (Å²) in [5, 5.41) is 8.75. The molecule has 2 nitrogen and oxygen atoms in total. The van der Waals surface area contributed by atoms with Gasteiger partial charge in [0.05, 0.1) is 0 Å².